The highest BCUT2D eigenvalue weighted by molar-refractivity contribution is 5.98. The fourth-order valence-corrected chi connectivity index (χ4v) is 2.08. The van der Waals surface area contributed by atoms with Crippen molar-refractivity contribution in [1.29, 1.82) is 0 Å². The predicted octanol–water partition coefficient (Wildman–Crippen LogP) is 3.44. The second-order valence-electron chi connectivity index (χ2n) is 4.12. The monoisotopic (exact) mass is 210 g/mol. The summed E-state index contributed by atoms with van der Waals surface area (Å²) in [6.07, 6.45) is 2.25. The summed E-state index contributed by atoms with van der Waals surface area (Å²) in [5.41, 5.74) is 1.14. The Labute approximate surface area is 95.0 Å². The fourth-order valence-electron chi connectivity index (χ4n) is 2.08. The maximum absolute atomic E-state index is 4.42. The number of nitrogens with zero attached hydrogens (tertiary/aromatic N) is 1. The van der Waals surface area contributed by atoms with Gasteiger partial charge in [0.2, 0.25) is 0 Å². The lowest BCUT2D eigenvalue weighted by molar-refractivity contribution is 0.951. The third-order valence-electron chi connectivity index (χ3n) is 2.91. The van der Waals surface area contributed by atoms with E-state index in [0.717, 1.165) is 24.5 Å². The summed E-state index contributed by atoms with van der Waals surface area (Å²) in [5, 5.41) is 5.93. The van der Waals surface area contributed by atoms with Crippen LogP contribution in [-0.2, 0) is 0 Å². The average Bonchev–Trinajstić information content (AvgIpc) is 2.82. The summed E-state index contributed by atoms with van der Waals surface area (Å²) in [7, 11) is 0. The molecule has 3 rings (SSSR count). The predicted molar refractivity (Wildman–Crippen MR) is 69.1 cm³/mol. The Kier molecular flexibility index (Phi) is 2.33. The Morgan fingerprint density at radius 3 is 2.69 bits per heavy atom. The molecule has 16 heavy (non-hydrogen) atoms. The molecule has 0 amide bonds. The first kappa shape index (κ1) is 9.40. The van der Waals surface area contributed by atoms with Crippen molar-refractivity contribution in [2.45, 2.75) is 12.8 Å². The van der Waals surface area contributed by atoms with E-state index in [9.17, 15) is 0 Å². The van der Waals surface area contributed by atoms with Gasteiger partial charge in [0.05, 0.1) is 0 Å². The molecule has 2 aromatic carbocycles. The summed E-state index contributed by atoms with van der Waals surface area (Å²) < 4.78 is 0. The summed E-state index contributed by atoms with van der Waals surface area (Å²) in [4.78, 5) is 4.42. The van der Waals surface area contributed by atoms with Crippen LogP contribution in [0.1, 0.15) is 12.8 Å². The van der Waals surface area contributed by atoms with Crippen LogP contribution in [0.4, 0.5) is 5.69 Å². The van der Waals surface area contributed by atoms with Crippen LogP contribution in [0.25, 0.3) is 10.8 Å². The second-order valence-corrected chi connectivity index (χ2v) is 4.12. The quantitative estimate of drug-likeness (QED) is 0.766. The van der Waals surface area contributed by atoms with Gasteiger partial charge < -0.3 is 5.32 Å². The van der Waals surface area contributed by atoms with Crippen LogP contribution >= 0.6 is 0 Å². The number of amidine groups is 1. The Morgan fingerprint density at radius 1 is 1.00 bits per heavy atom. The first-order valence-corrected chi connectivity index (χ1v) is 5.71. The van der Waals surface area contributed by atoms with Crippen LogP contribution < -0.4 is 5.32 Å². The van der Waals surface area contributed by atoms with E-state index in [-0.39, 0.29) is 0 Å². The van der Waals surface area contributed by atoms with E-state index >= 15 is 0 Å². The molecule has 0 saturated carbocycles. The molecule has 1 aliphatic rings. The molecular formula is C14H14N2. The summed E-state index contributed by atoms with van der Waals surface area (Å²) in [6.45, 7) is 0.968. The van der Waals surface area contributed by atoms with Crippen molar-refractivity contribution in [3.8, 4) is 0 Å². The van der Waals surface area contributed by atoms with Crippen molar-refractivity contribution in [2.75, 3.05) is 11.9 Å². The minimum absolute atomic E-state index is 0.968. The molecule has 0 fully saturated rings. The zero-order valence-corrected chi connectivity index (χ0v) is 9.11. The number of nitrogens with one attached hydrogen (secondary N) is 1. The average molecular weight is 210 g/mol. The van der Waals surface area contributed by atoms with E-state index in [1.807, 2.05) is 0 Å². The van der Waals surface area contributed by atoms with Crippen LogP contribution in [-0.4, -0.2) is 12.4 Å². The molecular weight excluding hydrogens is 196 g/mol. The lowest BCUT2D eigenvalue weighted by atomic mass is 10.1. The normalized spacial score (nSPS) is 15.1. The summed E-state index contributed by atoms with van der Waals surface area (Å²) >= 11 is 0. The molecule has 2 heteroatoms. The van der Waals surface area contributed by atoms with Gasteiger partial charge in [-0.15, -0.1) is 0 Å². The number of aliphatic imine (C=N–C) groups is 1. The van der Waals surface area contributed by atoms with E-state index < -0.39 is 0 Å². The molecule has 1 heterocycles. The van der Waals surface area contributed by atoms with Crippen LogP contribution in [0.3, 0.4) is 0 Å². The molecule has 0 atom stereocenters. The standard InChI is InChI=1S/C14H14N2/c1-2-5-12-10-13(8-7-11(12)4-1)16-14-6-3-9-15-14/h1-2,4-5,7-8,10H,3,6,9H2,(H,15,16). The van der Waals surface area contributed by atoms with E-state index in [0.29, 0.717) is 0 Å². The molecule has 0 radical (unpaired) electrons. The highest BCUT2D eigenvalue weighted by Crippen LogP contribution is 2.19. The molecule has 1 aliphatic heterocycles. The highest BCUT2D eigenvalue weighted by Gasteiger charge is 2.05. The lowest BCUT2D eigenvalue weighted by Crippen LogP contribution is -2.07. The smallest absolute Gasteiger partial charge is 0.101 e. The van der Waals surface area contributed by atoms with Gasteiger partial charge in [-0.1, -0.05) is 30.3 Å². The maximum Gasteiger partial charge on any atom is 0.101 e. The molecule has 0 spiro atoms. The van der Waals surface area contributed by atoms with Crippen LogP contribution in [0, 0.1) is 0 Å². The SMILES string of the molecule is c1ccc2cc(NC3=NCCC3)ccc2c1. The fraction of sp³-hybridized carbons (Fsp3) is 0.214. The number of hydrogen-bond donors (Lipinski definition) is 1. The largest absolute Gasteiger partial charge is 0.344 e. The third kappa shape index (κ3) is 1.78. The van der Waals surface area contributed by atoms with Crippen LogP contribution in [0.5, 0.6) is 0 Å². The molecule has 0 unspecified atom stereocenters. The summed E-state index contributed by atoms with van der Waals surface area (Å²) in [6, 6.07) is 14.8. The van der Waals surface area contributed by atoms with Gasteiger partial charge in [0.25, 0.3) is 0 Å². The zero-order chi connectivity index (χ0) is 10.8. The van der Waals surface area contributed by atoms with Crippen LogP contribution in [0.15, 0.2) is 47.5 Å². The van der Waals surface area contributed by atoms with Crippen molar-refractivity contribution in [2.24, 2.45) is 4.99 Å². The molecule has 0 bridgehead atoms. The lowest BCUT2D eigenvalue weighted by Gasteiger charge is -2.06. The minimum atomic E-state index is 0.968. The van der Waals surface area contributed by atoms with Crippen molar-refractivity contribution in [3.63, 3.8) is 0 Å². The van der Waals surface area contributed by atoms with E-state index in [1.54, 1.807) is 0 Å². The number of hydrogen-bond acceptors (Lipinski definition) is 2. The molecule has 2 nitrogen and oxygen atoms in total. The van der Waals surface area contributed by atoms with E-state index in [1.165, 1.54) is 17.2 Å². The van der Waals surface area contributed by atoms with Crippen molar-refractivity contribution in [1.82, 2.24) is 0 Å². The number of fused-ring (bicyclic) bond motifs is 1. The highest BCUT2D eigenvalue weighted by atomic mass is 15.0. The van der Waals surface area contributed by atoms with Gasteiger partial charge in [-0.3, -0.25) is 4.99 Å². The Bertz CT molecular complexity index is 543. The Morgan fingerprint density at radius 2 is 1.88 bits per heavy atom. The molecule has 0 aromatic heterocycles. The van der Waals surface area contributed by atoms with Gasteiger partial charge >= 0.3 is 0 Å². The topological polar surface area (TPSA) is 24.4 Å². The summed E-state index contributed by atoms with van der Waals surface area (Å²) in [5.74, 6) is 1.12. The first-order chi connectivity index (χ1) is 7.92. The van der Waals surface area contributed by atoms with Gasteiger partial charge in [-0.25, -0.2) is 0 Å². The van der Waals surface area contributed by atoms with Gasteiger partial charge in [0, 0.05) is 18.7 Å². The van der Waals surface area contributed by atoms with Gasteiger partial charge in [0.1, 0.15) is 5.84 Å². The third-order valence-corrected chi connectivity index (χ3v) is 2.91. The number of rotatable bonds is 1. The maximum atomic E-state index is 4.42. The Hall–Kier alpha value is -1.83. The zero-order valence-electron chi connectivity index (χ0n) is 9.11. The molecule has 0 aliphatic carbocycles. The molecule has 1 N–H and O–H groups in total. The van der Waals surface area contributed by atoms with Crippen molar-refractivity contribution >= 4 is 22.3 Å². The molecule has 0 saturated heterocycles. The van der Waals surface area contributed by atoms with Gasteiger partial charge in [-0.05, 0) is 29.3 Å². The number of anilines is 1. The van der Waals surface area contributed by atoms with Crippen LogP contribution in [0.2, 0.25) is 0 Å². The van der Waals surface area contributed by atoms with Crippen molar-refractivity contribution in [3.05, 3.63) is 42.5 Å². The molecule has 80 valence electrons. The molecule has 2 aromatic rings. The van der Waals surface area contributed by atoms with Gasteiger partial charge in [0.15, 0.2) is 0 Å². The van der Waals surface area contributed by atoms with E-state index in [2.05, 4.69) is 52.8 Å². The first-order valence-electron chi connectivity index (χ1n) is 5.71. The minimum Gasteiger partial charge on any atom is -0.344 e. The number of benzene rings is 2. The van der Waals surface area contributed by atoms with Gasteiger partial charge in [-0.2, -0.15) is 0 Å². The van der Waals surface area contributed by atoms with E-state index in [4.69, 9.17) is 0 Å². The second kappa shape index (κ2) is 3.97. The van der Waals surface area contributed by atoms with Crippen molar-refractivity contribution < 1.29 is 0 Å². The Balaban J connectivity index is 1.92.